The Morgan fingerprint density at radius 1 is 0.969 bits per heavy atom. The van der Waals surface area contributed by atoms with E-state index in [1.165, 1.54) is 36.5 Å². The van der Waals surface area contributed by atoms with Gasteiger partial charge in [0.05, 0.1) is 28.6 Å². The van der Waals surface area contributed by atoms with E-state index in [-0.39, 0.29) is 51.8 Å². The lowest BCUT2D eigenvalue weighted by molar-refractivity contribution is -0.140. The van der Waals surface area contributed by atoms with Gasteiger partial charge in [0.15, 0.2) is 0 Å². The van der Waals surface area contributed by atoms with Crippen LogP contribution in [0.4, 0.5) is 0 Å². The average Bonchev–Trinajstić information content (AvgIpc) is 3.42. The third-order valence-electron chi connectivity index (χ3n) is 6.08. The van der Waals surface area contributed by atoms with E-state index in [9.17, 15) is 14.4 Å². The number of carbonyl (C=O) groups is 3. The van der Waals surface area contributed by atoms with Crippen LogP contribution >= 0.6 is 34.8 Å². The monoisotopic (exact) mass is 488 g/mol. The topological polar surface area (TPSA) is 76.0 Å². The van der Waals surface area contributed by atoms with Gasteiger partial charge in [-0.05, 0) is 54.7 Å². The highest BCUT2D eigenvalue weighted by Crippen LogP contribution is 2.52. The van der Waals surface area contributed by atoms with Crippen LogP contribution in [0.25, 0.3) is 0 Å². The minimum Gasteiger partial charge on any atom is -0.422 e. The number of nitrogens with zero attached hydrogens (tertiary/aromatic N) is 2. The standard InChI is InChI=1S/C23H15Cl3N2O4/c24-14-4-6-18(32-23(31)16-5-3-15(25)9-17(16)26)13(8-14)10-27-28-21(29)19-11-1-2-12(7-11)20(19)22(28)30/h1-6,8-12,19-20H,7H2/t11-,12-,19-,20+/m0/s1. The SMILES string of the molecule is O=C(Oc1ccc(Cl)cc1C=NN1C(=O)[C@@H]2[C@H](C1=O)[C@H]1C=C[C@H]2C1)c1ccc(Cl)cc1Cl. The number of imide groups is 1. The van der Waals surface area contributed by atoms with Gasteiger partial charge in [-0.1, -0.05) is 47.0 Å². The molecule has 6 nitrogen and oxygen atoms in total. The van der Waals surface area contributed by atoms with Crippen LogP contribution in [0.3, 0.4) is 0 Å². The fourth-order valence-electron chi connectivity index (χ4n) is 4.64. The fraction of sp³-hybridized carbons (Fsp3) is 0.217. The number of hydrogen-bond donors (Lipinski definition) is 0. The molecule has 5 rings (SSSR count). The summed E-state index contributed by atoms with van der Waals surface area (Å²) < 4.78 is 5.48. The highest BCUT2D eigenvalue weighted by molar-refractivity contribution is 6.36. The van der Waals surface area contributed by atoms with Gasteiger partial charge in [0.2, 0.25) is 0 Å². The molecule has 2 amide bonds. The molecular formula is C23H15Cl3N2O4. The van der Waals surface area contributed by atoms with Gasteiger partial charge in [-0.2, -0.15) is 10.1 Å². The van der Waals surface area contributed by atoms with Crippen LogP contribution in [0.5, 0.6) is 5.75 Å². The lowest BCUT2D eigenvalue weighted by Gasteiger charge is -2.13. The molecule has 0 spiro atoms. The maximum atomic E-state index is 12.8. The summed E-state index contributed by atoms with van der Waals surface area (Å²) in [7, 11) is 0. The Bertz CT molecular complexity index is 1200. The van der Waals surface area contributed by atoms with Crippen molar-refractivity contribution in [2.75, 3.05) is 0 Å². The molecule has 0 N–H and O–H groups in total. The van der Waals surface area contributed by atoms with Crippen LogP contribution in [0.2, 0.25) is 15.1 Å². The highest BCUT2D eigenvalue weighted by atomic mass is 35.5. The number of halogens is 3. The number of fused-ring (bicyclic) bond motifs is 5. The van der Waals surface area contributed by atoms with Gasteiger partial charge in [-0.3, -0.25) is 9.59 Å². The predicted octanol–water partition coefficient (Wildman–Crippen LogP) is 5.01. The molecule has 0 aromatic heterocycles. The number of ether oxygens (including phenoxy) is 1. The molecule has 3 aliphatic rings. The van der Waals surface area contributed by atoms with Crippen LogP contribution in [-0.4, -0.2) is 29.0 Å². The number of esters is 1. The van der Waals surface area contributed by atoms with Crippen molar-refractivity contribution in [2.45, 2.75) is 6.42 Å². The van der Waals surface area contributed by atoms with Crippen LogP contribution in [0.15, 0.2) is 53.7 Å². The van der Waals surface area contributed by atoms with E-state index in [4.69, 9.17) is 39.5 Å². The van der Waals surface area contributed by atoms with Crippen LogP contribution in [-0.2, 0) is 9.59 Å². The second kappa shape index (κ2) is 8.03. The van der Waals surface area contributed by atoms with E-state index in [2.05, 4.69) is 5.10 Å². The van der Waals surface area contributed by atoms with Crippen molar-refractivity contribution in [3.8, 4) is 5.75 Å². The molecule has 2 aliphatic carbocycles. The second-order valence-corrected chi connectivity index (χ2v) is 9.21. The molecule has 1 aliphatic heterocycles. The minimum absolute atomic E-state index is 0.0912. The number of rotatable bonds is 4. The van der Waals surface area contributed by atoms with Crippen molar-refractivity contribution in [1.29, 1.82) is 0 Å². The Labute approximate surface area is 198 Å². The van der Waals surface area contributed by atoms with Crippen LogP contribution in [0.1, 0.15) is 22.3 Å². The summed E-state index contributed by atoms with van der Waals surface area (Å²) in [5.74, 6) is -1.67. The van der Waals surface area contributed by atoms with Crippen molar-refractivity contribution in [3.05, 3.63) is 74.7 Å². The number of allylic oxidation sites excluding steroid dienone is 2. The van der Waals surface area contributed by atoms with Crippen molar-refractivity contribution in [2.24, 2.45) is 28.8 Å². The third kappa shape index (κ3) is 3.52. The molecule has 2 aromatic carbocycles. The predicted molar refractivity (Wildman–Crippen MR) is 120 cm³/mol. The maximum Gasteiger partial charge on any atom is 0.345 e. The smallest absolute Gasteiger partial charge is 0.345 e. The third-order valence-corrected chi connectivity index (χ3v) is 6.87. The molecule has 32 heavy (non-hydrogen) atoms. The Hall–Kier alpha value is -2.67. The summed E-state index contributed by atoms with van der Waals surface area (Å²) in [4.78, 5) is 38.2. The summed E-state index contributed by atoms with van der Waals surface area (Å²) in [5.41, 5.74) is 0.462. The van der Waals surface area contributed by atoms with E-state index in [0.717, 1.165) is 11.4 Å². The van der Waals surface area contributed by atoms with E-state index in [0.29, 0.717) is 15.6 Å². The molecule has 0 unspecified atom stereocenters. The zero-order valence-corrected chi connectivity index (χ0v) is 18.6. The normalized spacial score (nSPS) is 25.8. The molecular weight excluding hydrogens is 475 g/mol. The first-order valence-corrected chi connectivity index (χ1v) is 11.0. The Kier molecular flexibility index (Phi) is 5.32. The Balaban J connectivity index is 1.39. The Morgan fingerprint density at radius 2 is 1.59 bits per heavy atom. The number of carbonyl (C=O) groups excluding carboxylic acids is 3. The number of hydrogen-bond acceptors (Lipinski definition) is 5. The van der Waals surface area contributed by atoms with Crippen molar-refractivity contribution >= 4 is 58.8 Å². The number of hydrazone groups is 1. The number of amides is 2. The molecule has 2 aromatic rings. The molecule has 0 radical (unpaired) electrons. The first-order valence-electron chi connectivity index (χ1n) is 9.90. The van der Waals surface area contributed by atoms with E-state index < -0.39 is 5.97 Å². The van der Waals surface area contributed by atoms with Crippen LogP contribution in [0, 0.1) is 23.7 Å². The van der Waals surface area contributed by atoms with Gasteiger partial charge < -0.3 is 4.74 Å². The largest absolute Gasteiger partial charge is 0.422 e. The van der Waals surface area contributed by atoms with Gasteiger partial charge in [-0.15, -0.1) is 0 Å². The van der Waals surface area contributed by atoms with E-state index >= 15 is 0 Å². The van der Waals surface area contributed by atoms with Crippen molar-refractivity contribution in [3.63, 3.8) is 0 Å². The molecule has 162 valence electrons. The van der Waals surface area contributed by atoms with Gasteiger partial charge in [0.25, 0.3) is 11.8 Å². The molecule has 2 bridgehead atoms. The summed E-state index contributed by atoms with van der Waals surface area (Å²) in [6.07, 6.45) is 6.16. The van der Waals surface area contributed by atoms with Gasteiger partial charge in [-0.25, -0.2) is 4.79 Å². The molecule has 9 heteroatoms. The average molecular weight is 490 g/mol. The minimum atomic E-state index is -0.700. The summed E-state index contributed by atoms with van der Waals surface area (Å²) in [5, 5.41) is 5.96. The molecule has 1 heterocycles. The van der Waals surface area contributed by atoms with Gasteiger partial charge in [0.1, 0.15) is 5.75 Å². The molecule has 1 saturated heterocycles. The quantitative estimate of drug-likeness (QED) is 0.199. The highest BCUT2D eigenvalue weighted by Gasteiger charge is 2.59. The van der Waals surface area contributed by atoms with Crippen LogP contribution < -0.4 is 4.74 Å². The summed E-state index contributed by atoms with van der Waals surface area (Å²) in [6, 6.07) is 8.99. The molecule has 4 atom stereocenters. The lowest BCUT2D eigenvalue weighted by atomic mass is 9.85. The molecule has 1 saturated carbocycles. The fourth-order valence-corrected chi connectivity index (χ4v) is 5.31. The first kappa shape index (κ1) is 21.2. The maximum absolute atomic E-state index is 12.8. The summed E-state index contributed by atoms with van der Waals surface area (Å²) >= 11 is 18.1. The van der Waals surface area contributed by atoms with E-state index in [1.807, 2.05) is 12.2 Å². The second-order valence-electron chi connectivity index (χ2n) is 7.93. The molecule has 2 fully saturated rings. The Morgan fingerprint density at radius 3 is 2.25 bits per heavy atom. The zero-order chi connectivity index (χ0) is 22.6. The number of benzene rings is 2. The van der Waals surface area contributed by atoms with Gasteiger partial charge in [0, 0.05) is 15.6 Å². The van der Waals surface area contributed by atoms with Crippen molar-refractivity contribution in [1.82, 2.24) is 5.01 Å². The summed E-state index contributed by atoms with van der Waals surface area (Å²) in [6.45, 7) is 0. The van der Waals surface area contributed by atoms with Gasteiger partial charge >= 0.3 is 5.97 Å². The zero-order valence-electron chi connectivity index (χ0n) is 16.4. The first-order chi connectivity index (χ1) is 15.3. The lowest BCUT2D eigenvalue weighted by Crippen LogP contribution is -2.28. The van der Waals surface area contributed by atoms with E-state index in [1.54, 1.807) is 6.07 Å². The van der Waals surface area contributed by atoms with Crippen molar-refractivity contribution < 1.29 is 19.1 Å².